The summed E-state index contributed by atoms with van der Waals surface area (Å²) >= 11 is 0. The summed E-state index contributed by atoms with van der Waals surface area (Å²) in [5.41, 5.74) is 2.28. The number of aliphatic hydroxyl groups is 1. The zero-order valence-electron chi connectivity index (χ0n) is 21.4. The molecule has 0 bridgehead atoms. The number of hydrogen-bond acceptors (Lipinski definition) is 5. The molecule has 0 spiro atoms. The predicted octanol–water partition coefficient (Wildman–Crippen LogP) is 5.48. The summed E-state index contributed by atoms with van der Waals surface area (Å²) in [6.07, 6.45) is 9.00. The van der Waals surface area contributed by atoms with Gasteiger partial charge in [0.15, 0.2) is 0 Å². The Hall–Kier alpha value is -2.75. The minimum atomic E-state index is -3.96. The Morgan fingerprint density at radius 2 is 1.92 bits per heavy atom. The highest BCUT2D eigenvalue weighted by atomic mass is 32.2. The number of anilines is 1. The van der Waals surface area contributed by atoms with Crippen molar-refractivity contribution >= 4 is 30.0 Å². The summed E-state index contributed by atoms with van der Waals surface area (Å²) in [4.78, 5) is 0. The first-order chi connectivity index (χ1) is 17.1. The summed E-state index contributed by atoms with van der Waals surface area (Å²) in [5, 5.41) is 14.1. The highest BCUT2D eigenvalue weighted by Crippen LogP contribution is 2.38. The second-order valence-electron chi connectivity index (χ2n) is 10.6. The molecule has 0 amide bonds. The molecule has 0 radical (unpaired) electrons. The lowest BCUT2D eigenvalue weighted by atomic mass is 10.0. The minimum absolute atomic E-state index is 0.256. The molecule has 2 aromatic carbocycles. The van der Waals surface area contributed by atoms with Gasteiger partial charge in [0, 0.05) is 20.7 Å². The lowest BCUT2D eigenvalue weighted by molar-refractivity contribution is 0.294. The zero-order valence-corrected chi connectivity index (χ0v) is 23.2. The molecule has 2 N–H and O–H groups in total. The monoisotopic (exact) mass is 527 g/mol. The smallest absolute Gasteiger partial charge is 0.332 e. The molecule has 2 heterocycles. The maximum Gasteiger partial charge on any atom is 0.332 e. The molecule has 1 atom stereocenters. The Balaban J connectivity index is 1.62. The molecule has 0 saturated carbocycles. The molecule has 1 saturated heterocycles. The van der Waals surface area contributed by atoms with E-state index in [1.165, 1.54) is 19.0 Å². The maximum atomic E-state index is 13.4. The van der Waals surface area contributed by atoms with E-state index in [4.69, 9.17) is 4.74 Å². The quantitative estimate of drug-likeness (QED) is 0.422. The van der Waals surface area contributed by atoms with Gasteiger partial charge in [-0.1, -0.05) is 74.6 Å². The summed E-state index contributed by atoms with van der Waals surface area (Å²) < 4.78 is 35.3. The van der Waals surface area contributed by atoms with Gasteiger partial charge in [0.2, 0.25) is 5.88 Å². The zero-order chi connectivity index (χ0) is 25.8. The SMILES string of the molecule is C[Si](C)(C)CCN1C(O)=CN(c2ccc(C=CC3CCCCN3)cc2OCc2ccccc2)S1(=O)=O. The lowest BCUT2D eigenvalue weighted by Crippen LogP contribution is -2.37. The molecule has 4 rings (SSSR count). The van der Waals surface area contributed by atoms with Crippen molar-refractivity contribution in [2.45, 2.75) is 57.6 Å². The molecule has 2 aliphatic heterocycles. The van der Waals surface area contributed by atoms with Gasteiger partial charge in [0.25, 0.3) is 0 Å². The van der Waals surface area contributed by atoms with Crippen molar-refractivity contribution in [3.8, 4) is 5.75 Å². The first-order valence-electron chi connectivity index (χ1n) is 12.6. The van der Waals surface area contributed by atoms with Crippen LogP contribution in [-0.2, 0) is 16.8 Å². The van der Waals surface area contributed by atoms with E-state index in [-0.39, 0.29) is 12.4 Å². The van der Waals surface area contributed by atoms with Crippen molar-refractivity contribution in [3.63, 3.8) is 0 Å². The van der Waals surface area contributed by atoms with Gasteiger partial charge in [-0.05, 0) is 48.7 Å². The Morgan fingerprint density at radius 3 is 2.61 bits per heavy atom. The highest BCUT2D eigenvalue weighted by molar-refractivity contribution is 7.91. The van der Waals surface area contributed by atoms with Crippen LogP contribution in [0.1, 0.15) is 30.4 Å². The molecular weight excluding hydrogens is 490 g/mol. The number of benzene rings is 2. The van der Waals surface area contributed by atoms with E-state index >= 15 is 0 Å². The Kier molecular flexibility index (Phi) is 8.12. The standard InChI is InChI=1S/C27H37N3O4SSi/c1-36(2,3)18-17-29-27(31)20-30(35(29,32)33)25-15-13-22(12-14-24-11-7-8-16-28-24)19-26(25)34-21-23-9-5-4-6-10-23/h4-6,9-10,12-15,19-20,24,28,31H,7-8,11,16-18,21H2,1-3H3. The Bertz CT molecular complexity index is 1200. The van der Waals surface area contributed by atoms with Gasteiger partial charge in [-0.3, -0.25) is 0 Å². The van der Waals surface area contributed by atoms with E-state index in [1.807, 2.05) is 48.5 Å². The number of ether oxygens (including phenoxy) is 1. The van der Waals surface area contributed by atoms with E-state index in [2.05, 4.69) is 31.0 Å². The maximum absolute atomic E-state index is 13.4. The third kappa shape index (κ3) is 6.51. The van der Waals surface area contributed by atoms with Crippen molar-refractivity contribution in [1.82, 2.24) is 9.62 Å². The predicted molar refractivity (Wildman–Crippen MR) is 149 cm³/mol. The molecule has 1 fully saturated rings. The van der Waals surface area contributed by atoms with Crippen LogP contribution < -0.4 is 14.4 Å². The molecule has 36 heavy (non-hydrogen) atoms. The summed E-state index contributed by atoms with van der Waals surface area (Å²) in [5.74, 6) is 0.173. The van der Waals surface area contributed by atoms with Crippen LogP contribution in [0.5, 0.6) is 5.75 Å². The molecule has 1 unspecified atom stereocenters. The van der Waals surface area contributed by atoms with Gasteiger partial charge >= 0.3 is 10.2 Å². The Morgan fingerprint density at radius 1 is 1.14 bits per heavy atom. The van der Waals surface area contributed by atoms with Crippen LogP contribution in [0.3, 0.4) is 0 Å². The number of aliphatic hydroxyl groups excluding tert-OH is 1. The molecule has 0 aromatic heterocycles. The average Bonchev–Trinajstić information content (AvgIpc) is 3.08. The van der Waals surface area contributed by atoms with Gasteiger partial charge in [-0.2, -0.15) is 8.42 Å². The summed E-state index contributed by atoms with van der Waals surface area (Å²) in [6, 6.07) is 16.3. The van der Waals surface area contributed by atoms with Gasteiger partial charge in [-0.15, -0.1) is 0 Å². The Labute approximate surface area is 216 Å². The van der Waals surface area contributed by atoms with Crippen LogP contribution >= 0.6 is 0 Å². The third-order valence-corrected chi connectivity index (χ3v) is 9.86. The van der Waals surface area contributed by atoms with Crippen molar-refractivity contribution in [3.05, 3.63) is 77.8 Å². The summed E-state index contributed by atoms with van der Waals surface area (Å²) in [7, 11) is -5.47. The van der Waals surface area contributed by atoms with Crippen LogP contribution in [0, 0.1) is 0 Å². The fourth-order valence-corrected chi connectivity index (χ4v) is 6.76. The molecule has 0 aliphatic carbocycles. The molecular formula is C27H37N3O4SSi. The molecule has 9 heteroatoms. The lowest BCUT2D eigenvalue weighted by Gasteiger charge is -2.25. The van der Waals surface area contributed by atoms with Crippen LogP contribution in [0.15, 0.2) is 66.7 Å². The van der Waals surface area contributed by atoms with E-state index in [0.29, 0.717) is 24.1 Å². The number of nitrogens with zero attached hydrogens (tertiary/aromatic N) is 2. The first-order valence-corrected chi connectivity index (χ1v) is 17.7. The second kappa shape index (κ2) is 11.1. The van der Waals surface area contributed by atoms with Crippen molar-refractivity contribution in [2.75, 3.05) is 17.4 Å². The molecule has 2 aromatic rings. The third-order valence-electron chi connectivity index (χ3n) is 6.41. The van der Waals surface area contributed by atoms with Gasteiger partial charge < -0.3 is 15.2 Å². The largest absolute Gasteiger partial charge is 0.493 e. The van der Waals surface area contributed by atoms with Gasteiger partial charge in [0.1, 0.15) is 18.0 Å². The number of rotatable bonds is 9. The van der Waals surface area contributed by atoms with Crippen LogP contribution in [-0.4, -0.2) is 45.0 Å². The topological polar surface area (TPSA) is 82.1 Å². The van der Waals surface area contributed by atoms with E-state index in [9.17, 15) is 13.5 Å². The van der Waals surface area contributed by atoms with Crippen molar-refractivity contribution < 1.29 is 18.3 Å². The van der Waals surface area contributed by atoms with E-state index < -0.39 is 18.3 Å². The molecule has 194 valence electrons. The fraction of sp³-hybridized carbons (Fsp3) is 0.407. The fourth-order valence-electron chi connectivity index (χ4n) is 4.26. The normalized spacial score (nSPS) is 20.1. The first kappa shape index (κ1) is 26.3. The van der Waals surface area contributed by atoms with E-state index in [0.717, 1.165) is 38.7 Å². The average molecular weight is 528 g/mol. The highest BCUT2D eigenvalue weighted by Gasteiger charge is 2.39. The summed E-state index contributed by atoms with van der Waals surface area (Å²) in [6.45, 7) is 8.12. The molecule has 7 nitrogen and oxygen atoms in total. The van der Waals surface area contributed by atoms with Crippen LogP contribution in [0.4, 0.5) is 5.69 Å². The van der Waals surface area contributed by atoms with Gasteiger partial charge in [-0.25, -0.2) is 8.61 Å². The van der Waals surface area contributed by atoms with E-state index in [1.54, 1.807) is 6.07 Å². The van der Waals surface area contributed by atoms with Crippen molar-refractivity contribution in [2.24, 2.45) is 0 Å². The number of nitrogens with one attached hydrogen (secondary N) is 1. The number of hydrogen-bond donors (Lipinski definition) is 2. The van der Waals surface area contributed by atoms with Gasteiger partial charge in [0.05, 0.1) is 6.20 Å². The van der Waals surface area contributed by atoms with Crippen LogP contribution in [0.2, 0.25) is 25.7 Å². The molecule has 2 aliphatic rings. The number of piperidine rings is 1. The van der Waals surface area contributed by atoms with Crippen LogP contribution in [0.25, 0.3) is 6.08 Å². The minimum Gasteiger partial charge on any atom is -0.493 e. The second-order valence-corrected chi connectivity index (χ2v) is 17.9. The van der Waals surface area contributed by atoms with Crippen molar-refractivity contribution in [1.29, 1.82) is 0 Å².